The Morgan fingerprint density at radius 3 is 2.57 bits per heavy atom. The number of benzene rings is 1. The molecule has 2 atom stereocenters. The summed E-state index contributed by atoms with van der Waals surface area (Å²) in [4.78, 5) is 34.9. The first-order valence-electron chi connectivity index (χ1n) is 7.78. The lowest BCUT2D eigenvalue weighted by molar-refractivity contribution is -0.121. The van der Waals surface area contributed by atoms with E-state index in [4.69, 9.17) is 0 Å². The molecule has 1 heterocycles. The summed E-state index contributed by atoms with van der Waals surface area (Å²) in [7, 11) is 0. The third-order valence-corrected chi connectivity index (χ3v) is 4.17. The molecule has 0 bridgehead atoms. The van der Waals surface area contributed by atoms with Crippen LogP contribution in [0.3, 0.4) is 0 Å². The smallest absolute Gasteiger partial charge is 0.321 e. The third-order valence-electron chi connectivity index (χ3n) is 4.17. The first kappa shape index (κ1) is 15.3. The SMILES string of the molecule is O=C1CC(c2ccc(NC(=O)C3CC=CCC3)cc2)NC(=O)N1. The van der Waals surface area contributed by atoms with E-state index in [-0.39, 0.29) is 30.2 Å². The molecule has 6 heteroatoms. The van der Waals surface area contributed by atoms with Crippen LogP contribution < -0.4 is 16.0 Å². The lowest BCUT2D eigenvalue weighted by Crippen LogP contribution is -2.48. The number of imide groups is 1. The van der Waals surface area contributed by atoms with Crippen molar-refractivity contribution in [3.8, 4) is 0 Å². The number of nitrogens with one attached hydrogen (secondary N) is 3. The summed E-state index contributed by atoms with van der Waals surface area (Å²) in [5.41, 5.74) is 1.56. The average molecular weight is 313 g/mol. The second-order valence-electron chi connectivity index (χ2n) is 5.87. The summed E-state index contributed by atoms with van der Waals surface area (Å²) in [6.07, 6.45) is 6.98. The van der Waals surface area contributed by atoms with Gasteiger partial charge in [-0.15, -0.1) is 0 Å². The lowest BCUT2D eigenvalue weighted by atomic mass is 9.93. The quantitative estimate of drug-likeness (QED) is 0.748. The lowest BCUT2D eigenvalue weighted by Gasteiger charge is -2.23. The van der Waals surface area contributed by atoms with Crippen LogP contribution in [0.2, 0.25) is 0 Å². The summed E-state index contributed by atoms with van der Waals surface area (Å²) < 4.78 is 0. The minimum absolute atomic E-state index is 0.0287. The van der Waals surface area contributed by atoms with E-state index in [1.807, 2.05) is 18.2 Å². The Bertz CT molecular complexity index is 636. The highest BCUT2D eigenvalue weighted by molar-refractivity contribution is 5.97. The Balaban J connectivity index is 1.62. The molecule has 4 amide bonds. The van der Waals surface area contributed by atoms with Crippen LogP contribution in [-0.4, -0.2) is 17.8 Å². The van der Waals surface area contributed by atoms with Gasteiger partial charge in [-0.25, -0.2) is 4.79 Å². The fourth-order valence-corrected chi connectivity index (χ4v) is 2.88. The molecule has 2 aliphatic rings. The third kappa shape index (κ3) is 3.77. The molecule has 120 valence electrons. The van der Waals surface area contributed by atoms with Gasteiger partial charge in [-0.3, -0.25) is 14.9 Å². The highest BCUT2D eigenvalue weighted by Crippen LogP contribution is 2.23. The summed E-state index contributed by atoms with van der Waals surface area (Å²) in [6.45, 7) is 0. The van der Waals surface area contributed by atoms with Crippen LogP contribution in [0.1, 0.15) is 37.3 Å². The number of carbonyl (C=O) groups is 3. The topological polar surface area (TPSA) is 87.3 Å². The van der Waals surface area contributed by atoms with Crippen LogP contribution in [-0.2, 0) is 9.59 Å². The van der Waals surface area contributed by atoms with Gasteiger partial charge in [0.25, 0.3) is 0 Å². The molecule has 0 radical (unpaired) electrons. The fourth-order valence-electron chi connectivity index (χ4n) is 2.88. The normalized spacial score (nSPS) is 23.8. The van der Waals surface area contributed by atoms with Crippen LogP contribution in [0.4, 0.5) is 10.5 Å². The van der Waals surface area contributed by atoms with Gasteiger partial charge in [-0.2, -0.15) is 0 Å². The van der Waals surface area contributed by atoms with E-state index in [2.05, 4.69) is 22.0 Å². The van der Waals surface area contributed by atoms with Crippen LogP contribution in [0.5, 0.6) is 0 Å². The molecule has 6 nitrogen and oxygen atoms in total. The minimum Gasteiger partial charge on any atom is -0.330 e. The number of anilines is 1. The average Bonchev–Trinajstić information content (AvgIpc) is 2.55. The second-order valence-corrected chi connectivity index (χ2v) is 5.87. The number of rotatable bonds is 3. The Kier molecular flexibility index (Phi) is 4.41. The van der Waals surface area contributed by atoms with Crippen LogP contribution in [0.25, 0.3) is 0 Å². The van der Waals surface area contributed by atoms with Gasteiger partial charge in [-0.05, 0) is 37.0 Å². The van der Waals surface area contributed by atoms with Gasteiger partial charge < -0.3 is 10.6 Å². The van der Waals surface area contributed by atoms with E-state index < -0.39 is 6.03 Å². The van der Waals surface area contributed by atoms with Crippen LogP contribution >= 0.6 is 0 Å². The molecule has 1 aromatic carbocycles. The van der Waals surface area contributed by atoms with Crippen molar-refractivity contribution < 1.29 is 14.4 Å². The van der Waals surface area contributed by atoms with E-state index in [9.17, 15) is 14.4 Å². The van der Waals surface area contributed by atoms with E-state index in [0.717, 1.165) is 30.5 Å². The van der Waals surface area contributed by atoms with Gasteiger partial charge in [0.1, 0.15) is 0 Å². The molecule has 0 aromatic heterocycles. The molecule has 0 spiro atoms. The minimum atomic E-state index is -0.478. The monoisotopic (exact) mass is 313 g/mol. The summed E-state index contributed by atoms with van der Waals surface area (Å²) in [5, 5.41) is 7.83. The number of amides is 4. The molecule has 1 fully saturated rings. The van der Waals surface area contributed by atoms with Crippen molar-refractivity contribution in [2.75, 3.05) is 5.32 Å². The molecule has 3 N–H and O–H groups in total. The zero-order valence-corrected chi connectivity index (χ0v) is 12.7. The predicted molar refractivity (Wildman–Crippen MR) is 85.6 cm³/mol. The zero-order chi connectivity index (χ0) is 16.2. The molecular formula is C17H19N3O3. The van der Waals surface area contributed by atoms with Gasteiger partial charge in [0.05, 0.1) is 12.5 Å². The molecule has 0 saturated carbocycles. The summed E-state index contributed by atoms with van der Waals surface area (Å²) >= 11 is 0. The van der Waals surface area contributed by atoms with E-state index in [0.29, 0.717) is 0 Å². The van der Waals surface area contributed by atoms with Crippen LogP contribution in [0, 0.1) is 5.92 Å². The van der Waals surface area contributed by atoms with Crippen molar-refractivity contribution in [1.29, 1.82) is 0 Å². The maximum absolute atomic E-state index is 12.2. The first-order chi connectivity index (χ1) is 11.1. The second kappa shape index (κ2) is 6.64. The van der Waals surface area contributed by atoms with Gasteiger partial charge >= 0.3 is 6.03 Å². The van der Waals surface area contributed by atoms with Gasteiger partial charge in [-0.1, -0.05) is 24.3 Å². The molecular weight excluding hydrogens is 294 g/mol. The highest BCUT2D eigenvalue weighted by atomic mass is 16.2. The van der Waals surface area contributed by atoms with Crippen molar-refractivity contribution in [2.24, 2.45) is 5.92 Å². The maximum atomic E-state index is 12.2. The van der Waals surface area contributed by atoms with Gasteiger partial charge in [0, 0.05) is 11.6 Å². The molecule has 1 aromatic rings. The number of allylic oxidation sites excluding steroid dienone is 2. The predicted octanol–water partition coefficient (Wildman–Crippen LogP) is 2.25. The molecule has 1 aliphatic heterocycles. The molecule has 1 aliphatic carbocycles. The number of hydrogen-bond donors (Lipinski definition) is 3. The number of hydrogen-bond acceptors (Lipinski definition) is 3. The van der Waals surface area contributed by atoms with Gasteiger partial charge in [0.15, 0.2) is 0 Å². The van der Waals surface area contributed by atoms with Crippen molar-refractivity contribution in [3.05, 3.63) is 42.0 Å². The highest BCUT2D eigenvalue weighted by Gasteiger charge is 2.25. The Morgan fingerprint density at radius 2 is 1.91 bits per heavy atom. The number of urea groups is 1. The van der Waals surface area contributed by atoms with E-state index in [1.54, 1.807) is 12.1 Å². The number of carbonyl (C=O) groups excluding carboxylic acids is 3. The fraction of sp³-hybridized carbons (Fsp3) is 0.353. The Labute approximate surface area is 134 Å². The molecule has 3 rings (SSSR count). The standard InChI is InChI=1S/C17H19N3O3/c21-15-10-14(19-17(23)20-15)11-6-8-13(9-7-11)18-16(22)12-4-2-1-3-5-12/h1-2,6-9,12,14H,3-5,10H2,(H,18,22)(H2,19,20,21,23). The Hall–Kier alpha value is -2.63. The first-order valence-corrected chi connectivity index (χ1v) is 7.78. The van der Waals surface area contributed by atoms with E-state index in [1.165, 1.54) is 0 Å². The zero-order valence-electron chi connectivity index (χ0n) is 12.7. The van der Waals surface area contributed by atoms with Crippen molar-refractivity contribution >= 4 is 23.5 Å². The van der Waals surface area contributed by atoms with Crippen molar-refractivity contribution in [3.63, 3.8) is 0 Å². The Morgan fingerprint density at radius 1 is 1.13 bits per heavy atom. The molecule has 1 saturated heterocycles. The summed E-state index contributed by atoms with van der Waals surface area (Å²) in [6, 6.07) is 6.42. The van der Waals surface area contributed by atoms with Crippen LogP contribution in [0.15, 0.2) is 36.4 Å². The molecule has 2 unspecified atom stereocenters. The van der Waals surface area contributed by atoms with Crippen molar-refractivity contribution in [2.45, 2.75) is 31.7 Å². The van der Waals surface area contributed by atoms with Crippen molar-refractivity contribution in [1.82, 2.24) is 10.6 Å². The maximum Gasteiger partial charge on any atom is 0.321 e. The van der Waals surface area contributed by atoms with Gasteiger partial charge in [0.2, 0.25) is 11.8 Å². The van der Waals surface area contributed by atoms with E-state index >= 15 is 0 Å². The largest absolute Gasteiger partial charge is 0.330 e. The molecule has 23 heavy (non-hydrogen) atoms. The summed E-state index contributed by atoms with van der Waals surface area (Å²) in [5.74, 6) is -0.227.